The van der Waals surface area contributed by atoms with Crippen LogP contribution in [0.1, 0.15) is 62.9 Å². The van der Waals surface area contributed by atoms with Crippen LogP contribution < -0.4 is 5.73 Å². The van der Waals surface area contributed by atoms with Crippen LogP contribution in [0.15, 0.2) is 24.3 Å². The molecule has 0 amide bonds. The summed E-state index contributed by atoms with van der Waals surface area (Å²) in [5, 5.41) is 0. The zero-order valence-electron chi connectivity index (χ0n) is 15.7. The number of ether oxygens (including phenoxy) is 1. The first-order chi connectivity index (χ1) is 12.6. The van der Waals surface area contributed by atoms with Crippen LogP contribution in [0.4, 0.5) is 5.82 Å². The molecule has 6 nitrogen and oxygen atoms in total. The number of nitrogens with two attached hydrogens (primary N) is 1. The number of unbranched alkanes of at least 4 members (excludes halogenated alkanes) is 2. The molecule has 0 bridgehead atoms. The maximum Gasteiger partial charge on any atom is 0.344 e. The molecule has 0 radical (unpaired) electrons. The molecule has 0 aliphatic carbocycles. The summed E-state index contributed by atoms with van der Waals surface area (Å²) in [6, 6.07) is 7.73. The largest absolute Gasteiger partial charge is 0.462 e. The van der Waals surface area contributed by atoms with Crippen LogP contribution >= 0.6 is 0 Å². The molecule has 0 aliphatic rings. The van der Waals surface area contributed by atoms with Crippen LogP contribution in [-0.4, -0.2) is 27.1 Å². The van der Waals surface area contributed by atoms with E-state index in [1.807, 2.05) is 28.8 Å². The molecule has 0 aliphatic heterocycles. The standard InChI is InChI=1S/C20H26N4O2/c1-4-6-9-12-26-20(25)16-17-19(24(18(16)21)13(3)5-2)23-15-11-8-7-10-14(15)22-17/h7-8,10-11,13H,4-6,9,12,21H2,1-3H3/t13-/m0/s1. The number of nitrogens with zero attached hydrogens (tertiary/aromatic N) is 3. The average molecular weight is 354 g/mol. The number of hydrogen-bond donors (Lipinski definition) is 1. The SMILES string of the molecule is CCCCCOC(=O)c1c(N)n([C@@H](C)CC)c2nc3ccccc3nc12. The van der Waals surface area contributed by atoms with Crippen molar-refractivity contribution >= 4 is 34.0 Å². The number of carbonyl (C=O) groups is 1. The highest BCUT2D eigenvalue weighted by molar-refractivity contribution is 6.08. The third kappa shape index (κ3) is 3.23. The van der Waals surface area contributed by atoms with E-state index in [0.29, 0.717) is 29.2 Å². The van der Waals surface area contributed by atoms with Gasteiger partial charge in [0.2, 0.25) is 0 Å². The van der Waals surface area contributed by atoms with E-state index in [1.165, 1.54) is 0 Å². The van der Waals surface area contributed by atoms with Crippen molar-refractivity contribution in [1.82, 2.24) is 14.5 Å². The second-order valence-corrected chi connectivity index (χ2v) is 6.62. The number of fused-ring (bicyclic) bond motifs is 2. The predicted molar refractivity (Wildman–Crippen MR) is 104 cm³/mol. The highest BCUT2D eigenvalue weighted by atomic mass is 16.5. The molecule has 2 aromatic heterocycles. The molecule has 0 saturated carbocycles. The lowest BCUT2D eigenvalue weighted by atomic mass is 10.2. The fraction of sp³-hybridized carbons (Fsp3) is 0.450. The molecule has 3 aromatic rings. The van der Waals surface area contributed by atoms with Crippen molar-refractivity contribution in [1.29, 1.82) is 0 Å². The van der Waals surface area contributed by atoms with Crippen molar-refractivity contribution in [3.63, 3.8) is 0 Å². The van der Waals surface area contributed by atoms with Gasteiger partial charge >= 0.3 is 5.97 Å². The Bertz CT molecular complexity index is 932. The molecule has 3 rings (SSSR count). The van der Waals surface area contributed by atoms with E-state index in [1.54, 1.807) is 0 Å². The number of carbonyl (C=O) groups excluding carboxylic acids is 1. The van der Waals surface area contributed by atoms with E-state index < -0.39 is 5.97 Å². The maximum absolute atomic E-state index is 12.7. The lowest BCUT2D eigenvalue weighted by Crippen LogP contribution is -2.12. The number of rotatable bonds is 7. The Morgan fingerprint density at radius 3 is 2.54 bits per heavy atom. The van der Waals surface area contributed by atoms with Gasteiger partial charge in [-0.05, 0) is 31.9 Å². The molecule has 26 heavy (non-hydrogen) atoms. The fourth-order valence-electron chi connectivity index (χ4n) is 3.10. The number of anilines is 1. The van der Waals surface area contributed by atoms with Crippen LogP contribution in [0.3, 0.4) is 0 Å². The Kier molecular flexibility index (Phi) is 5.40. The molecule has 0 fully saturated rings. The number of benzene rings is 1. The summed E-state index contributed by atoms with van der Waals surface area (Å²) in [5.41, 5.74) is 9.37. The number of esters is 1. The average Bonchev–Trinajstić information content (AvgIpc) is 2.93. The molecule has 1 atom stereocenters. The van der Waals surface area contributed by atoms with Crippen molar-refractivity contribution in [3.05, 3.63) is 29.8 Å². The molecule has 1 aromatic carbocycles. The van der Waals surface area contributed by atoms with E-state index in [9.17, 15) is 4.79 Å². The van der Waals surface area contributed by atoms with E-state index in [2.05, 4.69) is 25.8 Å². The van der Waals surface area contributed by atoms with Gasteiger partial charge in [-0.2, -0.15) is 0 Å². The Morgan fingerprint density at radius 2 is 1.88 bits per heavy atom. The molecular weight excluding hydrogens is 328 g/mol. The molecule has 2 heterocycles. The van der Waals surface area contributed by atoms with Crippen molar-refractivity contribution < 1.29 is 9.53 Å². The van der Waals surface area contributed by atoms with E-state index in [4.69, 9.17) is 15.5 Å². The van der Waals surface area contributed by atoms with Crippen LogP contribution in [0, 0.1) is 0 Å². The Labute approximate surface area is 153 Å². The number of hydrogen-bond acceptors (Lipinski definition) is 5. The third-order valence-corrected chi connectivity index (χ3v) is 4.75. The number of para-hydroxylation sites is 2. The van der Waals surface area contributed by atoms with Crippen molar-refractivity contribution in [2.75, 3.05) is 12.3 Å². The minimum Gasteiger partial charge on any atom is -0.462 e. The van der Waals surface area contributed by atoms with E-state index in [0.717, 1.165) is 36.7 Å². The highest BCUT2D eigenvalue weighted by Gasteiger charge is 2.26. The van der Waals surface area contributed by atoms with Crippen molar-refractivity contribution in [2.24, 2.45) is 0 Å². The maximum atomic E-state index is 12.7. The van der Waals surface area contributed by atoms with Crippen LogP contribution in [-0.2, 0) is 4.74 Å². The van der Waals surface area contributed by atoms with Gasteiger partial charge in [0.1, 0.15) is 16.9 Å². The Morgan fingerprint density at radius 1 is 1.19 bits per heavy atom. The monoisotopic (exact) mass is 354 g/mol. The number of nitrogen functional groups attached to an aromatic ring is 1. The van der Waals surface area contributed by atoms with Gasteiger partial charge in [0.15, 0.2) is 5.65 Å². The molecule has 0 spiro atoms. The second kappa shape index (κ2) is 7.72. The van der Waals surface area contributed by atoms with Crippen LogP contribution in [0.5, 0.6) is 0 Å². The van der Waals surface area contributed by atoms with Gasteiger partial charge in [0, 0.05) is 6.04 Å². The smallest absolute Gasteiger partial charge is 0.344 e. The highest BCUT2D eigenvalue weighted by Crippen LogP contribution is 2.32. The zero-order valence-corrected chi connectivity index (χ0v) is 15.7. The fourth-order valence-corrected chi connectivity index (χ4v) is 3.10. The molecule has 138 valence electrons. The van der Waals surface area contributed by atoms with Gasteiger partial charge in [-0.1, -0.05) is 38.8 Å². The van der Waals surface area contributed by atoms with E-state index >= 15 is 0 Å². The predicted octanol–water partition coefficient (Wildman–Crippen LogP) is 4.48. The summed E-state index contributed by atoms with van der Waals surface area (Å²) in [7, 11) is 0. The first kappa shape index (κ1) is 18.2. The van der Waals surface area contributed by atoms with Gasteiger partial charge in [-0.3, -0.25) is 0 Å². The Balaban J connectivity index is 2.13. The summed E-state index contributed by atoms with van der Waals surface area (Å²) in [4.78, 5) is 22.1. The van der Waals surface area contributed by atoms with Crippen LogP contribution in [0.25, 0.3) is 22.2 Å². The van der Waals surface area contributed by atoms with Crippen molar-refractivity contribution in [3.8, 4) is 0 Å². The minimum atomic E-state index is -0.421. The topological polar surface area (TPSA) is 83.0 Å². The van der Waals surface area contributed by atoms with Gasteiger partial charge in [-0.15, -0.1) is 0 Å². The second-order valence-electron chi connectivity index (χ2n) is 6.62. The molecule has 0 saturated heterocycles. The van der Waals surface area contributed by atoms with Gasteiger partial charge < -0.3 is 15.0 Å². The molecule has 0 unspecified atom stereocenters. The first-order valence-electron chi connectivity index (χ1n) is 9.31. The molecule has 6 heteroatoms. The third-order valence-electron chi connectivity index (χ3n) is 4.75. The van der Waals surface area contributed by atoms with Gasteiger partial charge in [-0.25, -0.2) is 14.8 Å². The summed E-state index contributed by atoms with van der Waals surface area (Å²) in [6.07, 6.45) is 3.82. The summed E-state index contributed by atoms with van der Waals surface area (Å²) < 4.78 is 7.36. The Hall–Kier alpha value is -2.63. The van der Waals surface area contributed by atoms with Gasteiger partial charge in [0.05, 0.1) is 17.6 Å². The molecular formula is C20H26N4O2. The number of aromatic nitrogens is 3. The quantitative estimate of drug-likeness (QED) is 0.499. The van der Waals surface area contributed by atoms with Gasteiger partial charge in [0.25, 0.3) is 0 Å². The minimum absolute atomic E-state index is 0.106. The van der Waals surface area contributed by atoms with Crippen molar-refractivity contribution in [2.45, 2.75) is 52.5 Å². The normalized spacial score (nSPS) is 12.6. The van der Waals surface area contributed by atoms with Crippen LogP contribution in [0.2, 0.25) is 0 Å². The first-order valence-corrected chi connectivity index (χ1v) is 9.31. The molecule has 2 N–H and O–H groups in total. The summed E-state index contributed by atoms with van der Waals surface area (Å²) in [6.45, 7) is 6.64. The lowest BCUT2D eigenvalue weighted by Gasteiger charge is -2.14. The summed E-state index contributed by atoms with van der Waals surface area (Å²) >= 11 is 0. The summed E-state index contributed by atoms with van der Waals surface area (Å²) in [5.74, 6) is -0.0413. The zero-order chi connectivity index (χ0) is 18.7. The lowest BCUT2D eigenvalue weighted by molar-refractivity contribution is 0.0501. The van der Waals surface area contributed by atoms with E-state index in [-0.39, 0.29) is 6.04 Å².